The highest BCUT2D eigenvalue weighted by Gasteiger charge is 2.38. The van der Waals surface area contributed by atoms with E-state index in [0.29, 0.717) is 6.42 Å². The molecule has 3 heteroatoms. The summed E-state index contributed by atoms with van der Waals surface area (Å²) in [5, 5.41) is 0. The molecular weight excluding hydrogens is 214 g/mol. The summed E-state index contributed by atoms with van der Waals surface area (Å²) in [6.07, 6.45) is 1.32. The lowest BCUT2D eigenvalue weighted by Gasteiger charge is -2.11. The highest BCUT2D eigenvalue weighted by atomic mass is 16.2. The molecule has 3 nitrogen and oxygen atoms in total. The maximum absolute atomic E-state index is 12.1. The standard InChI is InChI=1S/C14H17NO2/c1-8-5-9(2)7-10(6-8)11-3-4-12(13(11)16)14(15)17/h5-7,11-12H,3-4H2,1-2H3,(H2,15,17). The molecule has 1 fully saturated rings. The van der Waals surface area contributed by atoms with E-state index in [9.17, 15) is 9.59 Å². The summed E-state index contributed by atoms with van der Waals surface area (Å²) in [6, 6.07) is 6.13. The van der Waals surface area contributed by atoms with Crippen molar-refractivity contribution < 1.29 is 9.59 Å². The summed E-state index contributed by atoms with van der Waals surface area (Å²) in [4.78, 5) is 23.2. The Balaban J connectivity index is 2.30. The molecule has 90 valence electrons. The van der Waals surface area contributed by atoms with Crippen molar-refractivity contribution in [1.29, 1.82) is 0 Å². The van der Waals surface area contributed by atoms with E-state index in [1.807, 2.05) is 26.0 Å². The van der Waals surface area contributed by atoms with E-state index >= 15 is 0 Å². The molecule has 0 aliphatic heterocycles. The second kappa shape index (κ2) is 4.32. The second-order valence-electron chi connectivity index (χ2n) is 4.91. The fourth-order valence-electron chi connectivity index (χ4n) is 2.69. The van der Waals surface area contributed by atoms with Gasteiger partial charge in [0.05, 0.1) is 5.92 Å². The maximum atomic E-state index is 12.1. The lowest BCUT2D eigenvalue weighted by atomic mass is 9.92. The molecule has 1 aliphatic carbocycles. The molecule has 0 bridgehead atoms. The molecule has 0 heterocycles. The van der Waals surface area contributed by atoms with Crippen LogP contribution in [0.3, 0.4) is 0 Å². The van der Waals surface area contributed by atoms with Crippen molar-refractivity contribution in [3.63, 3.8) is 0 Å². The van der Waals surface area contributed by atoms with Gasteiger partial charge in [0.15, 0.2) is 5.78 Å². The van der Waals surface area contributed by atoms with Crippen LogP contribution in [0.1, 0.15) is 35.4 Å². The van der Waals surface area contributed by atoms with Crippen LogP contribution in [0, 0.1) is 19.8 Å². The summed E-state index contributed by atoms with van der Waals surface area (Å²) in [7, 11) is 0. The Morgan fingerprint density at radius 2 is 1.76 bits per heavy atom. The Bertz CT molecular complexity index is 459. The Kier molecular flexibility index (Phi) is 3.01. The topological polar surface area (TPSA) is 60.2 Å². The Hall–Kier alpha value is -1.64. The van der Waals surface area contributed by atoms with Crippen LogP contribution < -0.4 is 5.73 Å². The fraction of sp³-hybridized carbons (Fsp3) is 0.429. The molecule has 2 rings (SSSR count). The van der Waals surface area contributed by atoms with E-state index < -0.39 is 11.8 Å². The first-order chi connectivity index (χ1) is 7.99. The molecule has 0 spiro atoms. The molecule has 1 amide bonds. The monoisotopic (exact) mass is 231 g/mol. The fourth-order valence-corrected chi connectivity index (χ4v) is 2.69. The first-order valence-electron chi connectivity index (χ1n) is 5.90. The number of hydrogen-bond donors (Lipinski definition) is 1. The zero-order valence-electron chi connectivity index (χ0n) is 10.2. The average molecular weight is 231 g/mol. The van der Waals surface area contributed by atoms with Gasteiger partial charge in [0.1, 0.15) is 0 Å². The molecule has 2 N–H and O–H groups in total. The molecule has 17 heavy (non-hydrogen) atoms. The van der Waals surface area contributed by atoms with Gasteiger partial charge in [-0.05, 0) is 32.3 Å². The van der Waals surface area contributed by atoms with Crippen molar-refractivity contribution in [1.82, 2.24) is 0 Å². The zero-order chi connectivity index (χ0) is 12.6. The van der Waals surface area contributed by atoms with Gasteiger partial charge < -0.3 is 5.73 Å². The zero-order valence-corrected chi connectivity index (χ0v) is 10.2. The van der Waals surface area contributed by atoms with E-state index in [2.05, 4.69) is 6.07 Å². The van der Waals surface area contributed by atoms with Crippen LogP contribution in [0.4, 0.5) is 0 Å². The summed E-state index contributed by atoms with van der Waals surface area (Å²) in [6.45, 7) is 4.03. The van der Waals surface area contributed by atoms with Crippen molar-refractivity contribution in [2.45, 2.75) is 32.6 Å². The highest BCUT2D eigenvalue weighted by Crippen LogP contribution is 2.35. The molecule has 0 saturated heterocycles. The van der Waals surface area contributed by atoms with Crippen molar-refractivity contribution in [2.75, 3.05) is 0 Å². The number of rotatable bonds is 2. The van der Waals surface area contributed by atoms with Crippen LogP contribution >= 0.6 is 0 Å². The van der Waals surface area contributed by atoms with Gasteiger partial charge >= 0.3 is 0 Å². The summed E-state index contributed by atoms with van der Waals surface area (Å²) >= 11 is 0. The van der Waals surface area contributed by atoms with Crippen LogP contribution in [0.5, 0.6) is 0 Å². The van der Waals surface area contributed by atoms with E-state index in [4.69, 9.17) is 5.73 Å². The van der Waals surface area contributed by atoms with Crippen molar-refractivity contribution >= 4 is 11.7 Å². The summed E-state index contributed by atoms with van der Waals surface area (Å²) < 4.78 is 0. The Morgan fingerprint density at radius 3 is 2.24 bits per heavy atom. The van der Waals surface area contributed by atoms with Gasteiger partial charge in [-0.3, -0.25) is 9.59 Å². The molecule has 1 aliphatic rings. The first-order valence-corrected chi connectivity index (χ1v) is 5.90. The van der Waals surface area contributed by atoms with Crippen LogP contribution in [0.25, 0.3) is 0 Å². The van der Waals surface area contributed by atoms with Crippen LogP contribution in [0.2, 0.25) is 0 Å². The molecule has 2 unspecified atom stereocenters. The molecule has 1 aromatic carbocycles. The van der Waals surface area contributed by atoms with E-state index in [-0.39, 0.29) is 11.7 Å². The smallest absolute Gasteiger partial charge is 0.228 e. The molecule has 1 saturated carbocycles. The number of nitrogens with two attached hydrogens (primary N) is 1. The number of hydrogen-bond acceptors (Lipinski definition) is 2. The Morgan fingerprint density at radius 1 is 1.18 bits per heavy atom. The normalized spacial score (nSPS) is 24.0. The number of benzene rings is 1. The van der Waals surface area contributed by atoms with E-state index in [0.717, 1.165) is 23.1 Å². The van der Waals surface area contributed by atoms with Gasteiger partial charge in [0, 0.05) is 5.92 Å². The van der Waals surface area contributed by atoms with Crippen molar-refractivity contribution in [2.24, 2.45) is 11.7 Å². The minimum absolute atomic E-state index is 0.0116. The number of amides is 1. The minimum atomic E-state index is -0.583. The molecule has 0 radical (unpaired) electrons. The van der Waals surface area contributed by atoms with E-state index in [1.54, 1.807) is 0 Å². The number of aryl methyl sites for hydroxylation is 2. The quantitative estimate of drug-likeness (QED) is 0.790. The molecular formula is C14H17NO2. The molecule has 0 aromatic heterocycles. The Labute approximate surface area is 101 Å². The average Bonchev–Trinajstić information content (AvgIpc) is 2.58. The van der Waals surface area contributed by atoms with Crippen molar-refractivity contribution in [3.05, 3.63) is 34.9 Å². The van der Waals surface area contributed by atoms with Crippen LogP contribution in [-0.2, 0) is 9.59 Å². The molecule has 1 aromatic rings. The minimum Gasteiger partial charge on any atom is -0.369 e. The van der Waals surface area contributed by atoms with Crippen LogP contribution in [-0.4, -0.2) is 11.7 Å². The predicted octanol–water partition coefficient (Wildman–Crippen LogP) is 1.85. The second-order valence-corrected chi connectivity index (χ2v) is 4.91. The third kappa shape index (κ3) is 2.23. The van der Waals surface area contributed by atoms with Gasteiger partial charge in [0.2, 0.25) is 5.91 Å². The van der Waals surface area contributed by atoms with Gasteiger partial charge in [-0.15, -0.1) is 0 Å². The number of primary amides is 1. The number of carbonyl (C=O) groups excluding carboxylic acids is 2. The summed E-state index contributed by atoms with van der Waals surface area (Å²) in [5.41, 5.74) is 8.55. The predicted molar refractivity (Wildman–Crippen MR) is 65.6 cm³/mol. The van der Waals surface area contributed by atoms with Gasteiger partial charge in [-0.2, -0.15) is 0 Å². The summed E-state index contributed by atoms with van der Waals surface area (Å²) in [5.74, 6) is -1.23. The van der Waals surface area contributed by atoms with Crippen molar-refractivity contribution in [3.8, 4) is 0 Å². The first kappa shape index (κ1) is 11.8. The highest BCUT2D eigenvalue weighted by molar-refractivity contribution is 6.05. The van der Waals surface area contributed by atoms with Crippen LogP contribution in [0.15, 0.2) is 18.2 Å². The third-order valence-electron chi connectivity index (χ3n) is 3.42. The number of Topliss-reactive ketones (excluding diaryl/α,β-unsaturated/α-hetero) is 1. The van der Waals surface area contributed by atoms with Gasteiger partial charge in [-0.25, -0.2) is 0 Å². The molecule has 2 atom stereocenters. The number of ketones is 1. The third-order valence-corrected chi connectivity index (χ3v) is 3.42. The van der Waals surface area contributed by atoms with Gasteiger partial charge in [-0.1, -0.05) is 29.3 Å². The lowest BCUT2D eigenvalue weighted by molar-refractivity contribution is -0.130. The number of carbonyl (C=O) groups is 2. The van der Waals surface area contributed by atoms with Gasteiger partial charge in [0.25, 0.3) is 0 Å². The maximum Gasteiger partial charge on any atom is 0.228 e. The lowest BCUT2D eigenvalue weighted by Crippen LogP contribution is -2.27. The largest absolute Gasteiger partial charge is 0.369 e. The SMILES string of the molecule is Cc1cc(C)cc(C2CCC(C(N)=O)C2=O)c1. The van der Waals surface area contributed by atoms with E-state index in [1.165, 1.54) is 0 Å².